The topological polar surface area (TPSA) is 98.5 Å². The Morgan fingerprint density at radius 3 is 2.81 bits per heavy atom. The molecule has 0 aromatic heterocycles. The molecule has 3 N–H and O–H groups in total. The SMILES string of the molecule is NS(=O)(=O)c1cc(C(=O)NCC2CCCCO2)ccc1Cl. The van der Waals surface area contributed by atoms with Crippen molar-refractivity contribution in [2.45, 2.75) is 30.3 Å². The Morgan fingerprint density at radius 2 is 2.19 bits per heavy atom. The van der Waals surface area contributed by atoms with E-state index in [-0.39, 0.29) is 27.5 Å². The standard InChI is InChI=1S/C13H17ClN2O4S/c14-11-5-4-9(7-12(11)21(15,18)19)13(17)16-8-10-3-1-2-6-20-10/h4-5,7,10H,1-3,6,8H2,(H,16,17)(H2,15,18,19). The van der Waals surface area contributed by atoms with Crippen molar-refractivity contribution in [3.63, 3.8) is 0 Å². The lowest BCUT2D eigenvalue weighted by atomic mass is 10.1. The second kappa shape index (κ2) is 6.74. The zero-order valence-corrected chi connectivity index (χ0v) is 12.9. The van der Waals surface area contributed by atoms with Crippen LogP contribution in [0.5, 0.6) is 0 Å². The van der Waals surface area contributed by atoms with Crippen molar-refractivity contribution in [1.29, 1.82) is 0 Å². The van der Waals surface area contributed by atoms with Gasteiger partial charge in [-0.1, -0.05) is 11.6 Å². The average molecular weight is 333 g/mol. The predicted octanol–water partition coefficient (Wildman–Crippen LogP) is 1.29. The van der Waals surface area contributed by atoms with E-state index in [1.54, 1.807) is 0 Å². The molecular weight excluding hydrogens is 316 g/mol. The third-order valence-corrected chi connectivity index (χ3v) is 4.66. The van der Waals surface area contributed by atoms with E-state index in [2.05, 4.69) is 5.32 Å². The van der Waals surface area contributed by atoms with Gasteiger partial charge in [0.15, 0.2) is 0 Å². The monoisotopic (exact) mass is 332 g/mol. The van der Waals surface area contributed by atoms with Crippen LogP contribution in [0.1, 0.15) is 29.6 Å². The van der Waals surface area contributed by atoms with E-state index in [4.69, 9.17) is 21.5 Å². The van der Waals surface area contributed by atoms with Crippen molar-refractivity contribution in [2.24, 2.45) is 5.14 Å². The predicted molar refractivity (Wildman–Crippen MR) is 78.7 cm³/mol. The van der Waals surface area contributed by atoms with Crippen LogP contribution in [-0.4, -0.2) is 33.6 Å². The first-order chi connectivity index (χ1) is 9.88. The number of ether oxygens (including phenoxy) is 1. The van der Waals surface area contributed by atoms with E-state index >= 15 is 0 Å². The highest BCUT2D eigenvalue weighted by Gasteiger charge is 2.18. The summed E-state index contributed by atoms with van der Waals surface area (Å²) in [5.41, 5.74) is 0.194. The molecule has 1 aromatic rings. The van der Waals surface area contributed by atoms with Gasteiger partial charge in [0.1, 0.15) is 4.90 Å². The minimum Gasteiger partial charge on any atom is -0.376 e. The van der Waals surface area contributed by atoms with Crippen LogP contribution in [0.2, 0.25) is 5.02 Å². The highest BCUT2D eigenvalue weighted by molar-refractivity contribution is 7.89. The smallest absolute Gasteiger partial charge is 0.251 e. The number of hydrogen-bond donors (Lipinski definition) is 2. The summed E-state index contributed by atoms with van der Waals surface area (Å²) in [6.45, 7) is 1.10. The van der Waals surface area contributed by atoms with Gasteiger partial charge in [-0.15, -0.1) is 0 Å². The number of carbonyl (C=O) groups excluding carboxylic acids is 1. The number of benzene rings is 1. The zero-order chi connectivity index (χ0) is 15.5. The molecule has 1 aliphatic rings. The van der Waals surface area contributed by atoms with Crippen LogP contribution in [-0.2, 0) is 14.8 Å². The van der Waals surface area contributed by atoms with Gasteiger partial charge in [0.25, 0.3) is 5.91 Å². The molecule has 1 saturated heterocycles. The van der Waals surface area contributed by atoms with Crippen LogP contribution < -0.4 is 10.5 Å². The molecule has 0 spiro atoms. The van der Waals surface area contributed by atoms with E-state index in [9.17, 15) is 13.2 Å². The van der Waals surface area contributed by atoms with Gasteiger partial charge >= 0.3 is 0 Å². The number of halogens is 1. The quantitative estimate of drug-likeness (QED) is 0.867. The number of carbonyl (C=O) groups is 1. The fraction of sp³-hybridized carbons (Fsp3) is 0.462. The largest absolute Gasteiger partial charge is 0.376 e. The second-order valence-corrected chi connectivity index (χ2v) is 6.83. The van der Waals surface area contributed by atoms with E-state index in [1.807, 2.05) is 0 Å². The maximum absolute atomic E-state index is 12.0. The number of nitrogens with one attached hydrogen (secondary N) is 1. The van der Waals surface area contributed by atoms with Crippen LogP contribution >= 0.6 is 11.6 Å². The highest BCUT2D eigenvalue weighted by atomic mass is 35.5. The molecule has 8 heteroatoms. The summed E-state index contributed by atoms with van der Waals surface area (Å²) in [7, 11) is -3.96. The Hall–Kier alpha value is -1.15. The lowest BCUT2D eigenvalue weighted by Gasteiger charge is -2.22. The first kappa shape index (κ1) is 16.2. The van der Waals surface area contributed by atoms with Gasteiger partial charge in [0.05, 0.1) is 11.1 Å². The maximum Gasteiger partial charge on any atom is 0.251 e. The maximum atomic E-state index is 12.0. The molecule has 1 unspecified atom stereocenters. The Balaban J connectivity index is 2.05. The molecule has 0 radical (unpaired) electrons. The van der Waals surface area contributed by atoms with Crippen molar-refractivity contribution in [2.75, 3.05) is 13.2 Å². The minimum absolute atomic E-state index is 0.00714. The van der Waals surface area contributed by atoms with Crippen LogP contribution in [0.4, 0.5) is 0 Å². The number of nitrogens with two attached hydrogens (primary N) is 1. The number of sulfonamides is 1. The molecule has 1 aliphatic heterocycles. The van der Waals surface area contributed by atoms with Gasteiger partial charge in [0, 0.05) is 18.7 Å². The number of hydrogen-bond acceptors (Lipinski definition) is 4. The fourth-order valence-corrected chi connectivity index (χ4v) is 3.21. The van der Waals surface area contributed by atoms with Gasteiger partial charge in [-0.2, -0.15) is 0 Å². The molecule has 0 bridgehead atoms. The van der Waals surface area contributed by atoms with Crippen molar-refractivity contribution < 1.29 is 17.9 Å². The number of amides is 1. The van der Waals surface area contributed by atoms with E-state index < -0.39 is 10.0 Å². The first-order valence-corrected chi connectivity index (χ1v) is 8.52. The van der Waals surface area contributed by atoms with Gasteiger partial charge in [-0.3, -0.25) is 4.79 Å². The molecule has 1 aromatic carbocycles. The molecule has 1 fully saturated rings. The summed E-state index contributed by atoms with van der Waals surface area (Å²) >= 11 is 5.77. The Kier molecular flexibility index (Phi) is 5.21. The Labute approximate surface area is 128 Å². The minimum atomic E-state index is -3.96. The molecule has 1 amide bonds. The van der Waals surface area contributed by atoms with Gasteiger partial charge in [0.2, 0.25) is 10.0 Å². The molecule has 1 heterocycles. The molecule has 6 nitrogen and oxygen atoms in total. The van der Waals surface area contributed by atoms with Gasteiger partial charge < -0.3 is 10.1 Å². The molecule has 0 saturated carbocycles. The van der Waals surface area contributed by atoms with Crippen LogP contribution in [0.15, 0.2) is 23.1 Å². The van der Waals surface area contributed by atoms with Crippen molar-refractivity contribution in [3.8, 4) is 0 Å². The molecule has 1 atom stereocenters. The average Bonchev–Trinajstić information content (AvgIpc) is 2.45. The Bertz CT molecular complexity index is 627. The van der Waals surface area contributed by atoms with Crippen molar-refractivity contribution >= 4 is 27.5 Å². The summed E-state index contributed by atoms with van der Waals surface area (Å²) < 4.78 is 28.3. The van der Waals surface area contributed by atoms with Gasteiger partial charge in [-0.25, -0.2) is 13.6 Å². The molecular formula is C13H17ClN2O4S. The second-order valence-electron chi connectivity index (χ2n) is 4.89. The lowest BCUT2D eigenvalue weighted by molar-refractivity contribution is 0.0169. The lowest BCUT2D eigenvalue weighted by Crippen LogP contribution is -2.35. The fourth-order valence-electron chi connectivity index (χ4n) is 2.14. The van der Waals surface area contributed by atoms with E-state index in [0.717, 1.165) is 19.3 Å². The summed E-state index contributed by atoms with van der Waals surface area (Å²) in [5, 5.41) is 7.77. The molecule has 2 rings (SSSR count). The molecule has 0 aliphatic carbocycles. The number of rotatable bonds is 4. The Morgan fingerprint density at radius 1 is 1.43 bits per heavy atom. The summed E-state index contributed by atoms with van der Waals surface area (Å²) in [5.74, 6) is -0.384. The van der Waals surface area contributed by atoms with Crippen LogP contribution in [0.3, 0.4) is 0 Å². The van der Waals surface area contributed by atoms with Crippen LogP contribution in [0, 0.1) is 0 Å². The number of primary sulfonamides is 1. The molecule has 21 heavy (non-hydrogen) atoms. The summed E-state index contributed by atoms with van der Waals surface area (Å²) in [4.78, 5) is 11.8. The first-order valence-electron chi connectivity index (χ1n) is 6.60. The third kappa shape index (κ3) is 4.41. The molecule has 116 valence electrons. The highest BCUT2D eigenvalue weighted by Crippen LogP contribution is 2.21. The van der Waals surface area contributed by atoms with Crippen molar-refractivity contribution in [1.82, 2.24) is 5.32 Å². The third-order valence-electron chi connectivity index (χ3n) is 3.26. The zero-order valence-electron chi connectivity index (χ0n) is 11.3. The van der Waals surface area contributed by atoms with Gasteiger partial charge in [-0.05, 0) is 37.5 Å². The van der Waals surface area contributed by atoms with Crippen molar-refractivity contribution in [3.05, 3.63) is 28.8 Å². The van der Waals surface area contributed by atoms with Crippen LogP contribution in [0.25, 0.3) is 0 Å². The normalized spacial score (nSPS) is 19.2. The van der Waals surface area contributed by atoms with E-state index in [1.165, 1.54) is 18.2 Å². The summed E-state index contributed by atoms with van der Waals surface area (Å²) in [6.07, 6.45) is 3.03. The van der Waals surface area contributed by atoms with E-state index in [0.29, 0.717) is 13.2 Å². The summed E-state index contributed by atoms with van der Waals surface area (Å²) in [6, 6.07) is 3.97.